The van der Waals surface area contributed by atoms with Crippen LogP contribution in [-0.4, -0.2) is 32.7 Å². The first kappa shape index (κ1) is 21.4. The molecule has 7 heteroatoms. The zero-order valence-corrected chi connectivity index (χ0v) is 17.4. The highest BCUT2D eigenvalue weighted by molar-refractivity contribution is 7.89. The number of benzene rings is 2. The van der Waals surface area contributed by atoms with Gasteiger partial charge < -0.3 is 5.32 Å². The van der Waals surface area contributed by atoms with E-state index >= 15 is 0 Å². The van der Waals surface area contributed by atoms with Crippen molar-refractivity contribution in [3.05, 3.63) is 58.6 Å². The quantitative estimate of drug-likeness (QED) is 0.650. The molecule has 27 heavy (non-hydrogen) atoms. The summed E-state index contributed by atoms with van der Waals surface area (Å²) in [5.74, 6) is -0.450. The first-order chi connectivity index (χ1) is 12.8. The fourth-order valence-corrected chi connectivity index (χ4v) is 3.71. The van der Waals surface area contributed by atoms with Gasteiger partial charge in [-0.1, -0.05) is 43.5 Å². The zero-order valence-electron chi connectivity index (χ0n) is 15.8. The highest BCUT2D eigenvalue weighted by Gasteiger charge is 2.20. The summed E-state index contributed by atoms with van der Waals surface area (Å²) in [5.41, 5.74) is 1.97. The maximum atomic E-state index is 12.6. The molecule has 2 rings (SSSR count). The topological polar surface area (TPSA) is 66.5 Å². The number of nitrogens with one attached hydrogen (secondary N) is 1. The molecule has 0 aliphatic rings. The molecule has 0 aromatic heterocycles. The van der Waals surface area contributed by atoms with Crippen LogP contribution in [0.1, 0.15) is 42.1 Å². The Kier molecular flexibility index (Phi) is 7.41. The van der Waals surface area contributed by atoms with Crippen LogP contribution >= 0.6 is 11.6 Å². The van der Waals surface area contributed by atoms with Gasteiger partial charge in [0.2, 0.25) is 10.0 Å². The summed E-state index contributed by atoms with van der Waals surface area (Å²) in [6, 6.07) is 11.8. The van der Waals surface area contributed by atoms with Crippen molar-refractivity contribution in [1.82, 2.24) is 4.31 Å². The lowest BCUT2D eigenvalue weighted by Gasteiger charge is -2.13. The van der Waals surface area contributed by atoms with Gasteiger partial charge in [-0.2, -0.15) is 0 Å². The molecular weight excluding hydrogens is 384 g/mol. The van der Waals surface area contributed by atoms with Gasteiger partial charge in [-0.25, -0.2) is 12.7 Å². The van der Waals surface area contributed by atoms with E-state index in [1.807, 2.05) is 24.3 Å². The number of halogens is 1. The third-order valence-electron chi connectivity index (χ3n) is 4.24. The molecule has 0 saturated carbocycles. The van der Waals surface area contributed by atoms with Gasteiger partial charge in [0, 0.05) is 19.8 Å². The molecule has 0 aliphatic heterocycles. The summed E-state index contributed by atoms with van der Waals surface area (Å²) >= 11 is 6.11. The molecule has 1 amide bonds. The van der Waals surface area contributed by atoms with Crippen molar-refractivity contribution in [2.45, 2.75) is 37.5 Å². The largest absolute Gasteiger partial charge is 0.322 e. The maximum absolute atomic E-state index is 12.6. The second-order valence-corrected chi connectivity index (χ2v) is 9.10. The van der Waals surface area contributed by atoms with Gasteiger partial charge in [0.25, 0.3) is 5.91 Å². The van der Waals surface area contributed by atoms with Crippen LogP contribution in [0.2, 0.25) is 5.02 Å². The minimum absolute atomic E-state index is 0.0216. The number of nitrogens with zero attached hydrogens (tertiary/aromatic N) is 1. The number of aryl methyl sites for hydroxylation is 1. The number of anilines is 1. The Morgan fingerprint density at radius 1 is 1.07 bits per heavy atom. The van der Waals surface area contributed by atoms with Crippen molar-refractivity contribution in [3.8, 4) is 0 Å². The van der Waals surface area contributed by atoms with E-state index in [4.69, 9.17) is 11.6 Å². The van der Waals surface area contributed by atoms with Gasteiger partial charge >= 0.3 is 0 Å². The van der Waals surface area contributed by atoms with E-state index in [2.05, 4.69) is 12.2 Å². The first-order valence-electron chi connectivity index (χ1n) is 8.88. The molecule has 0 aliphatic carbocycles. The molecule has 1 N–H and O–H groups in total. The summed E-state index contributed by atoms with van der Waals surface area (Å²) in [7, 11) is -0.772. The van der Waals surface area contributed by atoms with E-state index in [1.54, 1.807) is 0 Å². The van der Waals surface area contributed by atoms with Crippen molar-refractivity contribution in [1.29, 1.82) is 0 Å². The molecule has 146 valence electrons. The van der Waals surface area contributed by atoms with Crippen molar-refractivity contribution < 1.29 is 13.2 Å². The first-order valence-corrected chi connectivity index (χ1v) is 10.7. The Hall–Kier alpha value is -1.89. The predicted octanol–water partition coefficient (Wildman–Crippen LogP) is 4.58. The second kappa shape index (κ2) is 9.35. The summed E-state index contributed by atoms with van der Waals surface area (Å²) in [6.45, 7) is 2.17. The molecule has 0 fully saturated rings. The smallest absolute Gasteiger partial charge is 0.257 e. The Morgan fingerprint density at radius 3 is 2.33 bits per heavy atom. The number of hydrogen-bond acceptors (Lipinski definition) is 3. The van der Waals surface area contributed by atoms with Crippen LogP contribution in [0.15, 0.2) is 47.4 Å². The maximum Gasteiger partial charge on any atom is 0.257 e. The summed E-state index contributed by atoms with van der Waals surface area (Å²) < 4.78 is 25.6. The Bertz CT molecular complexity index is 894. The Morgan fingerprint density at radius 2 is 1.74 bits per heavy atom. The zero-order chi connectivity index (χ0) is 20.0. The summed E-state index contributed by atoms with van der Waals surface area (Å²) in [5, 5.41) is 2.97. The number of carbonyl (C=O) groups excluding carboxylic acids is 1. The molecule has 0 spiro atoms. The molecule has 0 bridgehead atoms. The molecule has 0 radical (unpaired) electrons. The normalized spacial score (nSPS) is 11.6. The van der Waals surface area contributed by atoms with E-state index in [0.717, 1.165) is 17.1 Å². The standard InChI is InChI=1S/C20H25ClN2O3S/c1-4-5-6-7-15-8-10-16(11-9-15)22-20(24)18-14-17(12-13-19(18)21)27(25,26)23(2)3/h8-14H,4-7H2,1-3H3,(H,22,24). The monoisotopic (exact) mass is 408 g/mol. The van der Waals surface area contributed by atoms with E-state index < -0.39 is 15.9 Å². The van der Waals surface area contributed by atoms with E-state index in [9.17, 15) is 13.2 Å². The molecule has 5 nitrogen and oxygen atoms in total. The Balaban J connectivity index is 2.16. The van der Waals surface area contributed by atoms with Crippen molar-refractivity contribution in [2.75, 3.05) is 19.4 Å². The molecular formula is C20H25ClN2O3S. The highest BCUT2D eigenvalue weighted by Crippen LogP contribution is 2.23. The molecule has 2 aromatic carbocycles. The van der Waals surface area contributed by atoms with Gasteiger partial charge in [0.1, 0.15) is 0 Å². The minimum atomic E-state index is -3.64. The van der Waals surface area contributed by atoms with Crippen LogP contribution in [0.5, 0.6) is 0 Å². The number of hydrogen-bond donors (Lipinski definition) is 1. The second-order valence-electron chi connectivity index (χ2n) is 6.54. The van der Waals surface area contributed by atoms with Gasteiger partial charge in [0.15, 0.2) is 0 Å². The third-order valence-corrected chi connectivity index (χ3v) is 6.38. The Labute approximate surface area is 166 Å². The number of unbranched alkanes of at least 4 members (excludes halogenated alkanes) is 2. The fraction of sp³-hybridized carbons (Fsp3) is 0.350. The minimum Gasteiger partial charge on any atom is -0.322 e. The molecule has 0 saturated heterocycles. The van der Waals surface area contributed by atoms with Gasteiger partial charge in [-0.15, -0.1) is 0 Å². The van der Waals surface area contributed by atoms with Crippen LogP contribution in [0, 0.1) is 0 Å². The van der Waals surface area contributed by atoms with Crippen molar-refractivity contribution in [2.24, 2.45) is 0 Å². The molecule has 0 unspecified atom stereocenters. The SMILES string of the molecule is CCCCCc1ccc(NC(=O)c2cc(S(=O)(=O)N(C)C)ccc2Cl)cc1. The lowest BCUT2D eigenvalue weighted by atomic mass is 10.1. The van der Waals surface area contributed by atoms with E-state index in [-0.39, 0.29) is 15.5 Å². The average molecular weight is 409 g/mol. The molecule has 0 atom stereocenters. The number of amides is 1. The van der Waals surface area contributed by atoms with Crippen LogP contribution in [-0.2, 0) is 16.4 Å². The van der Waals surface area contributed by atoms with Crippen LogP contribution in [0.3, 0.4) is 0 Å². The number of sulfonamides is 1. The van der Waals surface area contributed by atoms with Gasteiger partial charge in [-0.3, -0.25) is 4.79 Å². The summed E-state index contributed by atoms with van der Waals surface area (Å²) in [4.78, 5) is 12.6. The van der Waals surface area contributed by atoms with Crippen LogP contribution in [0.4, 0.5) is 5.69 Å². The fourth-order valence-electron chi connectivity index (χ4n) is 2.58. The van der Waals surface area contributed by atoms with Gasteiger partial charge in [0.05, 0.1) is 15.5 Å². The number of carbonyl (C=O) groups is 1. The lowest BCUT2D eigenvalue weighted by molar-refractivity contribution is 0.102. The highest BCUT2D eigenvalue weighted by atomic mass is 35.5. The molecule has 2 aromatic rings. The van der Waals surface area contributed by atoms with E-state index in [0.29, 0.717) is 5.69 Å². The molecule has 0 heterocycles. The van der Waals surface area contributed by atoms with Crippen molar-refractivity contribution in [3.63, 3.8) is 0 Å². The lowest BCUT2D eigenvalue weighted by Crippen LogP contribution is -2.23. The predicted molar refractivity (Wildman–Crippen MR) is 110 cm³/mol. The number of rotatable bonds is 8. The average Bonchev–Trinajstić information content (AvgIpc) is 2.63. The third kappa shape index (κ3) is 5.54. The van der Waals surface area contributed by atoms with Crippen LogP contribution < -0.4 is 5.32 Å². The van der Waals surface area contributed by atoms with Gasteiger partial charge in [-0.05, 0) is 48.7 Å². The van der Waals surface area contributed by atoms with Crippen LogP contribution in [0.25, 0.3) is 0 Å². The summed E-state index contributed by atoms with van der Waals surface area (Å²) in [6.07, 6.45) is 4.53. The van der Waals surface area contributed by atoms with Crippen molar-refractivity contribution >= 4 is 33.2 Å². The van der Waals surface area contributed by atoms with E-state index in [1.165, 1.54) is 50.7 Å².